The standard InChI is InChI=1S/C11H16N2O2/c1-8-9(2)12-7-13(11(8)14)5-10-3-4-15-6-10/h7,10H,3-6H2,1-2H3. The first kappa shape index (κ1) is 10.4. The van der Waals surface area contributed by atoms with Gasteiger partial charge >= 0.3 is 0 Å². The van der Waals surface area contributed by atoms with Gasteiger partial charge in [0.25, 0.3) is 5.56 Å². The van der Waals surface area contributed by atoms with Crippen LogP contribution in [0.2, 0.25) is 0 Å². The number of nitrogens with zero attached hydrogens (tertiary/aromatic N) is 2. The molecule has 1 fully saturated rings. The number of aryl methyl sites for hydroxylation is 1. The molecule has 1 aromatic rings. The molecule has 0 spiro atoms. The van der Waals surface area contributed by atoms with Crippen LogP contribution in [0.25, 0.3) is 0 Å². The van der Waals surface area contributed by atoms with Gasteiger partial charge in [-0.2, -0.15) is 0 Å². The molecular weight excluding hydrogens is 192 g/mol. The van der Waals surface area contributed by atoms with Crippen molar-refractivity contribution < 1.29 is 4.74 Å². The van der Waals surface area contributed by atoms with E-state index in [1.807, 2.05) is 13.8 Å². The van der Waals surface area contributed by atoms with Crippen molar-refractivity contribution in [1.29, 1.82) is 0 Å². The molecular formula is C11H16N2O2. The summed E-state index contributed by atoms with van der Waals surface area (Å²) in [6.45, 7) is 6.00. The first-order valence-corrected chi connectivity index (χ1v) is 5.29. The summed E-state index contributed by atoms with van der Waals surface area (Å²) in [6, 6.07) is 0. The van der Waals surface area contributed by atoms with Gasteiger partial charge in [0.1, 0.15) is 0 Å². The molecule has 2 rings (SSSR count). The fraction of sp³-hybridized carbons (Fsp3) is 0.636. The predicted molar refractivity (Wildman–Crippen MR) is 56.9 cm³/mol. The van der Waals surface area contributed by atoms with E-state index < -0.39 is 0 Å². The average Bonchev–Trinajstić information content (AvgIpc) is 2.72. The first-order valence-electron chi connectivity index (χ1n) is 5.29. The zero-order valence-electron chi connectivity index (χ0n) is 9.19. The highest BCUT2D eigenvalue weighted by atomic mass is 16.5. The van der Waals surface area contributed by atoms with Gasteiger partial charge in [-0.1, -0.05) is 0 Å². The second-order valence-electron chi connectivity index (χ2n) is 4.14. The normalized spacial score (nSPS) is 20.8. The minimum Gasteiger partial charge on any atom is -0.381 e. The van der Waals surface area contributed by atoms with Crippen molar-refractivity contribution in [2.45, 2.75) is 26.8 Å². The lowest BCUT2D eigenvalue weighted by molar-refractivity contribution is 0.182. The smallest absolute Gasteiger partial charge is 0.256 e. The Bertz CT molecular complexity index is 406. The Morgan fingerprint density at radius 2 is 2.40 bits per heavy atom. The highest BCUT2D eigenvalue weighted by Crippen LogP contribution is 2.13. The molecule has 0 bridgehead atoms. The number of ether oxygens (including phenoxy) is 1. The van der Waals surface area contributed by atoms with Crippen LogP contribution in [0.15, 0.2) is 11.1 Å². The van der Waals surface area contributed by atoms with Crippen molar-refractivity contribution in [2.75, 3.05) is 13.2 Å². The van der Waals surface area contributed by atoms with Gasteiger partial charge < -0.3 is 4.74 Å². The van der Waals surface area contributed by atoms with Crippen LogP contribution in [0.1, 0.15) is 17.7 Å². The second-order valence-corrected chi connectivity index (χ2v) is 4.14. The fourth-order valence-corrected chi connectivity index (χ4v) is 1.81. The summed E-state index contributed by atoms with van der Waals surface area (Å²) in [5, 5.41) is 0. The Morgan fingerprint density at radius 1 is 1.60 bits per heavy atom. The minimum atomic E-state index is 0.0781. The fourth-order valence-electron chi connectivity index (χ4n) is 1.81. The van der Waals surface area contributed by atoms with E-state index in [1.165, 1.54) is 0 Å². The van der Waals surface area contributed by atoms with Gasteiger partial charge in [-0.3, -0.25) is 9.36 Å². The van der Waals surface area contributed by atoms with Crippen LogP contribution in [0.3, 0.4) is 0 Å². The molecule has 1 saturated heterocycles. The van der Waals surface area contributed by atoms with Crippen molar-refractivity contribution in [3.63, 3.8) is 0 Å². The van der Waals surface area contributed by atoms with Crippen LogP contribution in [-0.2, 0) is 11.3 Å². The van der Waals surface area contributed by atoms with E-state index in [-0.39, 0.29) is 5.56 Å². The molecule has 1 aromatic heterocycles. The Kier molecular flexibility index (Phi) is 2.86. The molecule has 2 heterocycles. The first-order chi connectivity index (χ1) is 7.18. The van der Waals surface area contributed by atoms with Crippen LogP contribution in [-0.4, -0.2) is 22.8 Å². The maximum Gasteiger partial charge on any atom is 0.256 e. The van der Waals surface area contributed by atoms with Crippen molar-refractivity contribution in [3.05, 3.63) is 27.9 Å². The Labute approximate surface area is 88.9 Å². The van der Waals surface area contributed by atoms with Gasteiger partial charge in [-0.15, -0.1) is 0 Å². The Morgan fingerprint density at radius 3 is 3.07 bits per heavy atom. The summed E-state index contributed by atoms with van der Waals surface area (Å²) in [5.74, 6) is 0.464. The number of hydrogen-bond donors (Lipinski definition) is 0. The molecule has 4 nitrogen and oxygen atoms in total. The zero-order valence-corrected chi connectivity index (χ0v) is 9.19. The number of aromatic nitrogens is 2. The molecule has 0 radical (unpaired) electrons. The van der Waals surface area contributed by atoms with E-state index in [0.717, 1.165) is 37.4 Å². The van der Waals surface area contributed by atoms with Crippen molar-refractivity contribution in [2.24, 2.45) is 5.92 Å². The van der Waals surface area contributed by atoms with Crippen LogP contribution >= 0.6 is 0 Å². The summed E-state index contributed by atoms with van der Waals surface area (Å²) in [7, 11) is 0. The quantitative estimate of drug-likeness (QED) is 0.725. The molecule has 1 atom stereocenters. The zero-order chi connectivity index (χ0) is 10.8. The highest BCUT2D eigenvalue weighted by Gasteiger charge is 2.17. The summed E-state index contributed by atoms with van der Waals surface area (Å²) >= 11 is 0. The van der Waals surface area contributed by atoms with Crippen LogP contribution in [0, 0.1) is 19.8 Å². The second kappa shape index (κ2) is 4.14. The SMILES string of the molecule is Cc1ncn(CC2CCOC2)c(=O)c1C. The molecule has 0 N–H and O–H groups in total. The molecule has 0 aliphatic carbocycles. The lowest BCUT2D eigenvalue weighted by atomic mass is 10.1. The van der Waals surface area contributed by atoms with Gasteiger partial charge in [-0.25, -0.2) is 4.98 Å². The lowest BCUT2D eigenvalue weighted by Gasteiger charge is -2.11. The molecule has 0 saturated carbocycles. The van der Waals surface area contributed by atoms with Gasteiger partial charge in [-0.05, 0) is 20.3 Å². The van der Waals surface area contributed by atoms with Gasteiger partial charge in [0.05, 0.1) is 12.9 Å². The van der Waals surface area contributed by atoms with E-state index in [2.05, 4.69) is 4.98 Å². The molecule has 1 aliphatic heterocycles. The Balaban J connectivity index is 2.21. The Hall–Kier alpha value is -1.16. The summed E-state index contributed by atoms with van der Waals surface area (Å²) in [6.07, 6.45) is 2.68. The van der Waals surface area contributed by atoms with E-state index in [0.29, 0.717) is 5.92 Å². The predicted octanol–water partition coefficient (Wildman–Crippen LogP) is 0.897. The van der Waals surface area contributed by atoms with Gasteiger partial charge in [0, 0.05) is 30.3 Å². The molecule has 4 heteroatoms. The largest absolute Gasteiger partial charge is 0.381 e. The molecule has 1 unspecified atom stereocenters. The third-order valence-corrected chi connectivity index (χ3v) is 2.99. The lowest BCUT2D eigenvalue weighted by Crippen LogP contribution is -2.27. The maximum atomic E-state index is 11.9. The third-order valence-electron chi connectivity index (χ3n) is 2.99. The molecule has 82 valence electrons. The molecule has 15 heavy (non-hydrogen) atoms. The minimum absolute atomic E-state index is 0.0781. The van der Waals surface area contributed by atoms with E-state index in [4.69, 9.17) is 4.74 Å². The van der Waals surface area contributed by atoms with Crippen molar-refractivity contribution in [3.8, 4) is 0 Å². The monoisotopic (exact) mass is 208 g/mol. The summed E-state index contributed by atoms with van der Waals surface area (Å²) < 4.78 is 6.98. The van der Waals surface area contributed by atoms with Gasteiger partial charge in [0.15, 0.2) is 0 Å². The number of rotatable bonds is 2. The van der Waals surface area contributed by atoms with E-state index in [1.54, 1.807) is 10.9 Å². The van der Waals surface area contributed by atoms with Gasteiger partial charge in [0.2, 0.25) is 0 Å². The van der Waals surface area contributed by atoms with E-state index in [9.17, 15) is 4.79 Å². The van der Waals surface area contributed by atoms with Crippen LogP contribution in [0.5, 0.6) is 0 Å². The molecule has 0 amide bonds. The topological polar surface area (TPSA) is 44.1 Å². The molecule has 1 aliphatic rings. The van der Waals surface area contributed by atoms with Crippen molar-refractivity contribution >= 4 is 0 Å². The van der Waals surface area contributed by atoms with E-state index >= 15 is 0 Å². The van der Waals surface area contributed by atoms with Crippen molar-refractivity contribution in [1.82, 2.24) is 9.55 Å². The van der Waals surface area contributed by atoms with Crippen LogP contribution < -0.4 is 5.56 Å². The molecule has 0 aromatic carbocycles. The number of hydrogen-bond acceptors (Lipinski definition) is 3. The maximum absolute atomic E-state index is 11.9. The van der Waals surface area contributed by atoms with Crippen LogP contribution in [0.4, 0.5) is 0 Å². The summed E-state index contributed by atoms with van der Waals surface area (Å²) in [5.41, 5.74) is 1.64. The highest BCUT2D eigenvalue weighted by molar-refractivity contribution is 5.12. The summed E-state index contributed by atoms with van der Waals surface area (Å²) in [4.78, 5) is 16.1. The average molecular weight is 208 g/mol. The third kappa shape index (κ3) is 2.09.